The number of benzene rings is 2. The Labute approximate surface area is 244 Å². The minimum absolute atomic E-state index is 0.0139. The van der Waals surface area contributed by atoms with Gasteiger partial charge in [-0.2, -0.15) is 4.39 Å². The van der Waals surface area contributed by atoms with Gasteiger partial charge < -0.3 is 20.6 Å². The SMILES string of the molecule is CS(=O)(=O)/C(F)=C/[C@H](C[C@@H]1CCNC1=O)NC(=O)[C@@H]1[C@@H]2CCC[C@@H]2CN1C(=O)C1(O)c2ccccc2-c2ccccc21. The first kappa shape index (κ1) is 28.5. The maximum atomic E-state index is 14.6. The summed E-state index contributed by atoms with van der Waals surface area (Å²) in [7, 11) is -4.17. The van der Waals surface area contributed by atoms with Crippen LogP contribution in [-0.4, -0.2) is 67.6 Å². The van der Waals surface area contributed by atoms with Gasteiger partial charge in [-0.15, -0.1) is 0 Å². The lowest BCUT2D eigenvalue weighted by Gasteiger charge is -2.34. The van der Waals surface area contributed by atoms with E-state index in [9.17, 15) is 32.3 Å². The van der Waals surface area contributed by atoms with E-state index >= 15 is 0 Å². The second kappa shape index (κ2) is 10.6. The summed E-state index contributed by atoms with van der Waals surface area (Å²) in [6.45, 7) is 0.732. The molecule has 1 saturated carbocycles. The predicted octanol–water partition coefficient (Wildman–Crippen LogP) is 2.40. The van der Waals surface area contributed by atoms with Gasteiger partial charge in [-0.1, -0.05) is 55.0 Å². The Morgan fingerprint density at radius 3 is 2.36 bits per heavy atom. The zero-order valence-corrected chi connectivity index (χ0v) is 24.1. The quantitative estimate of drug-likeness (QED) is 0.451. The molecule has 0 spiro atoms. The molecule has 0 bridgehead atoms. The number of hydrogen-bond donors (Lipinski definition) is 3. The van der Waals surface area contributed by atoms with Gasteiger partial charge in [-0.05, 0) is 54.7 Å². The minimum atomic E-state index is -4.17. The largest absolute Gasteiger partial charge is 0.372 e. The van der Waals surface area contributed by atoms with Gasteiger partial charge in [-0.3, -0.25) is 14.4 Å². The summed E-state index contributed by atoms with van der Waals surface area (Å²) in [6.07, 6.45) is 4.50. The molecule has 4 aliphatic rings. The summed E-state index contributed by atoms with van der Waals surface area (Å²) in [5, 5.41) is 16.3. The molecular formula is C31H34FN3O6S. The van der Waals surface area contributed by atoms with E-state index in [4.69, 9.17) is 0 Å². The molecule has 0 aromatic heterocycles. The van der Waals surface area contributed by atoms with Gasteiger partial charge in [0.1, 0.15) is 6.04 Å². The van der Waals surface area contributed by atoms with Crippen LogP contribution in [0.5, 0.6) is 0 Å². The van der Waals surface area contributed by atoms with Gasteiger partial charge in [0.2, 0.25) is 26.8 Å². The fraction of sp³-hybridized carbons (Fsp3) is 0.452. The summed E-state index contributed by atoms with van der Waals surface area (Å²) in [4.78, 5) is 42.2. The van der Waals surface area contributed by atoms with Crippen LogP contribution in [0.15, 0.2) is 59.8 Å². The van der Waals surface area contributed by atoms with Crippen LogP contribution in [0.4, 0.5) is 4.39 Å². The van der Waals surface area contributed by atoms with Crippen molar-refractivity contribution in [3.05, 3.63) is 70.9 Å². The molecule has 0 radical (unpaired) electrons. The summed E-state index contributed by atoms with van der Waals surface area (Å²) in [6, 6.07) is 12.3. The van der Waals surface area contributed by atoms with Gasteiger partial charge in [0.15, 0.2) is 5.60 Å². The van der Waals surface area contributed by atoms with E-state index in [2.05, 4.69) is 10.6 Å². The van der Waals surface area contributed by atoms with Crippen molar-refractivity contribution in [3.63, 3.8) is 0 Å². The van der Waals surface area contributed by atoms with E-state index in [1.807, 2.05) is 24.3 Å². The van der Waals surface area contributed by atoms with E-state index < -0.39 is 50.4 Å². The molecule has 42 heavy (non-hydrogen) atoms. The van der Waals surface area contributed by atoms with Crippen molar-refractivity contribution in [1.29, 1.82) is 0 Å². The van der Waals surface area contributed by atoms with Crippen LogP contribution in [0.1, 0.15) is 43.2 Å². The molecule has 2 saturated heterocycles. The van der Waals surface area contributed by atoms with Gasteiger partial charge in [0.05, 0.1) is 6.04 Å². The summed E-state index contributed by atoms with van der Waals surface area (Å²) >= 11 is 0. The topological polar surface area (TPSA) is 133 Å². The van der Waals surface area contributed by atoms with Crippen molar-refractivity contribution in [3.8, 4) is 11.1 Å². The van der Waals surface area contributed by atoms with Crippen LogP contribution in [0.2, 0.25) is 0 Å². The first-order chi connectivity index (χ1) is 20.0. The fourth-order valence-electron chi connectivity index (χ4n) is 7.40. The maximum absolute atomic E-state index is 14.6. The Bertz CT molecular complexity index is 1540. The van der Waals surface area contributed by atoms with Gasteiger partial charge in [0, 0.05) is 36.4 Å². The maximum Gasteiger partial charge on any atom is 0.264 e. The van der Waals surface area contributed by atoms with Crippen LogP contribution in [0, 0.1) is 17.8 Å². The van der Waals surface area contributed by atoms with E-state index in [0.717, 1.165) is 36.3 Å². The second-order valence-electron chi connectivity index (χ2n) is 11.9. The molecule has 3 amide bonds. The number of sulfone groups is 1. The molecule has 2 aromatic rings. The minimum Gasteiger partial charge on any atom is -0.372 e. The molecule has 222 valence electrons. The summed E-state index contributed by atoms with van der Waals surface area (Å²) in [5.41, 5.74) is 0.418. The van der Waals surface area contributed by atoms with Gasteiger partial charge in [0.25, 0.3) is 5.91 Å². The smallest absolute Gasteiger partial charge is 0.264 e. The van der Waals surface area contributed by atoms with Crippen molar-refractivity contribution < 1.29 is 32.3 Å². The van der Waals surface area contributed by atoms with Crippen LogP contribution in [0.25, 0.3) is 11.1 Å². The van der Waals surface area contributed by atoms with E-state index in [-0.39, 0.29) is 30.7 Å². The number of fused-ring (bicyclic) bond motifs is 4. The highest BCUT2D eigenvalue weighted by molar-refractivity contribution is 7.94. The average molecular weight is 596 g/mol. The molecular weight excluding hydrogens is 561 g/mol. The molecule has 2 heterocycles. The number of hydrogen-bond acceptors (Lipinski definition) is 6. The Morgan fingerprint density at radius 2 is 1.76 bits per heavy atom. The van der Waals surface area contributed by atoms with Gasteiger partial charge in [-0.25, -0.2) is 8.42 Å². The number of rotatable bonds is 7. The van der Waals surface area contributed by atoms with E-state index in [0.29, 0.717) is 30.5 Å². The van der Waals surface area contributed by atoms with Crippen molar-refractivity contribution in [2.75, 3.05) is 19.3 Å². The third-order valence-electron chi connectivity index (χ3n) is 9.37. The standard InChI is InChI=1S/C31H34FN3O6S/c1-42(40,41)26(32)16-20(15-18-13-14-33-28(18)36)34-29(37)27-21-10-6-7-19(21)17-35(27)30(38)31(39)24-11-4-2-8-22(24)23-9-3-5-12-25(23)31/h2-5,8-9,11-12,16,18-21,27,39H,6-7,10,13-15,17H2,1H3,(H,33,36)(H,34,37)/b26-16+/t18-,19+,20-,21+,27-/m0/s1. The molecule has 2 aromatic carbocycles. The third kappa shape index (κ3) is 4.72. The Balaban J connectivity index is 1.34. The molecule has 6 rings (SSSR count). The van der Waals surface area contributed by atoms with Crippen LogP contribution >= 0.6 is 0 Å². The summed E-state index contributed by atoms with van der Waals surface area (Å²) in [5.74, 6) is -2.02. The lowest BCUT2D eigenvalue weighted by atomic mass is 9.88. The van der Waals surface area contributed by atoms with Crippen LogP contribution in [-0.2, 0) is 29.8 Å². The molecule has 0 unspecified atom stereocenters. The summed E-state index contributed by atoms with van der Waals surface area (Å²) < 4.78 is 38.4. The number of nitrogens with zero attached hydrogens (tertiary/aromatic N) is 1. The second-order valence-corrected chi connectivity index (χ2v) is 13.9. The number of nitrogens with one attached hydrogen (secondary N) is 2. The first-order valence-electron chi connectivity index (χ1n) is 14.4. The average Bonchev–Trinajstić information content (AvgIpc) is 3.72. The molecule has 3 fully saturated rings. The molecule has 2 aliphatic heterocycles. The molecule has 11 heteroatoms. The zero-order valence-electron chi connectivity index (χ0n) is 23.3. The zero-order chi connectivity index (χ0) is 29.8. The highest BCUT2D eigenvalue weighted by Gasteiger charge is 2.56. The van der Waals surface area contributed by atoms with Crippen molar-refractivity contribution in [2.45, 2.75) is 49.8 Å². The normalized spacial score (nSPS) is 26.8. The lowest BCUT2D eigenvalue weighted by Crippen LogP contribution is -2.55. The first-order valence-corrected chi connectivity index (χ1v) is 16.3. The number of carbonyl (C=O) groups is 3. The number of likely N-dealkylation sites (tertiary alicyclic amines) is 1. The number of aliphatic hydroxyl groups is 1. The molecule has 3 N–H and O–H groups in total. The monoisotopic (exact) mass is 595 g/mol. The third-order valence-corrected chi connectivity index (χ3v) is 10.2. The molecule has 9 nitrogen and oxygen atoms in total. The van der Waals surface area contributed by atoms with Crippen molar-refractivity contribution >= 4 is 27.6 Å². The molecule has 5 atom stereocenters. The Hall–Kier alpha value is -3.57. The number of halogens is 1. The van der Waals surface area contributed by atoms with E-state index in [1.54, 1.807) is 24.3 Å². The van der Waals surface area contributed by atoms with Crippen LogP contribution in [0.3, 0.4) is 0 Å². The highest BCUT2D eigenvalue weighted by atomic mass is 32.2. The fourth-order valence-corrected chi connectivity index (χ4v) is 7.81. The van der Waals surface area contributed by atoms with Crippen LogP contribution < -0.4 is 10.6 Å². The lowest BCUT2D eigenvalue weighted by molar-refractivity contribution is -0.152. The molecule has 2 aliphatic carbocycles. The van der Waals surface area contributed by atoms with Crippen molar-refractivity contribution in [1.82, 2.24) is 15.5 Å². The van der Waals surface area contributed by atoms with Crippen molar-refractivity contribution in [2.24, 2.45) is 17.8 Å². The van der Waals surface area contributed by atoms with Gasteiger partial charge >= 0.3 is 0 Å². The number of carbonyl (C=O) groups excluding carboxylic acids is 3. The predicted molar refractivity (Wildman–Crippen MR) is 153 cm³/mol. The van der Waals surface area contributed by atoms with E-state index in [1.165, 1.54) is 4.90 Å². The Kier molecular flexibility index (Phi) is 7.21. The number of amides is 3. The Morgan fingerprint density at radius 1 is 1.12 bits per heavy atom. The highest BCUT2D eigenvalue weighted by Crippen LogP contribution is 2.50.